The Morgan fingerprint density at radius 2 is 2.07 bits per heavy atom. The summed E-state index contributed by atoms with van der Waals surface area (Å²) in [5.41, 5.74) is 1.46. The number of aromatic nitrogens is 3. The quantitative estimate of drug-likeness (QED) is 0.579. The van der Waals surface area contributed by atoms with E-state index in [2.05, 4.69) is 15.5 Å². The summed E-state index contributed by atoms with van der Waals surface area (Å²) in [4.78, 5) is 24.3. The van der Waals surface area contributed by atoms with E-state index in [1.807, 2.05) is 36.4 Å². The monoisotopic (exact) mass is 413 g/mol. The molecule has 1 amide bonds. The number of thioether (sulfide) groups is 1. The van der Waals surface area contributed by atoms with E-state index < -0.39 is 0 Å². The molecule has 0 aliphatic rings. The first-order chi connectivity index (χ1) is 13.6. The van der Waals surface area contributed by atoms with E-state index in [0.717, 1.165) is 17.3 Å². The third kappa shape index (κ3) is 5.03. The van der Waals surface area contributed by atoms with E-state index in [0.29, 0.717) is 34.4 Å². The zero-order valence-corrected chi connectivity index (χ0v) is 16.3. The lowest BCUT2D eigenvalue weighted by Gasteiger charge is -2.08. The molecule has 3 rings (SSSR count). The van der Waals surface area contributed by atoms with Crippen LogP contribution in [0.5, 0.6) is 0 Å². The first kappa shape index (κ1) is 19.7. The zero-order chi connectivity index (χ0) is 19.9. The maximum absolute atomic E-state index is 12.3. The first-order valence-electron chi connectivity index (χ1n) is 8.38. The molecule has 142 valence electrons. The zero-order valence-electron chi connectivity index (χ0n) is 14.7. The average Bonchev–Trinajstić information content (AvgIpc) is 3.05. The third-order valence-corrected chi connectivity index (χ3v) is 5.11. The number of nitrogens with one attached hydrogen (secondary N) is 2. The molecular formula is C19H16ClN5O2S. The van der Waals surface area contributed by atoms with Gasteiger partial charge < -0.3 is 5.32 Å². The van der Waals surface area contributed by atoms with Crippen LogP contribution in [0.3, 0.4) is 0 Å². The van der Waals surface area contributed by atoms with Crippen molar-refractivity contribution in [3.05, 3.63) is 75.2 Å². The Labute approximate surface area is 170 Å². The fraction of sp³-hybridized carbons (Fsp3) is 0.158. The van der Waals surface area contributed by atoms with E-state index in [1.54, 1.807) is 12.1 Å². The fourth-order valence-corrected chi connectivity index (χ4v) is 3.47. The van der Waals surface area contributed by atoms with Crippen molar-refractivity contribution in [3.63, 3.8) is 0 Å². The van der Waals surface area contributed by atoms with Gasteiger partial charge in [0, 0.05) is 11.6 Å². The number of aromatic amines is 1. The highest BCUT2D eigenvalue weighted by atomic mass is 35.5. The van der Waals surface area contributed by atoms with Gasteiger partial charge in [0.25, 0.3) is 0 Å². The van der Waals surface area contributed by atoms with Crippen LogP contribution in [0.1, 0.15) is 11.1 Å². The van der Waals surface area contributed by atoms with Crippen LogP contribution in [0.4, 0.5) is 5.69 Å². The van der Waals surface area contributed by atoms with Crippen molar-refractivity contribution in [2.45, 2.75) is 18.1 Å². The van der Waals surface area contributed by atoms with E-state index in [-0.39, 0.29) is 17.3 Å². The van der Waals surface area contributed by atoms with Crippen molar-refractivity contribution >= 4 is 35.0 Å². The number of hydrogen-bond acceptors (Lipinski definition) is 5. The third-order valence-electron chi connectivity index (χ3n) is 3.90. The predicted octanol–water partition coefficient (Wildman–Crippen LogP) is 3.07. The van der Waals surface area contributed by atoms with Gasteiger partial charge >= 0.3 is 5.69 Å². The number of amides is 1. The minimum Gasteiger partial charge on any atom is -0.324 e. The molecule has 1 aromatic heterocycles. The highest BCUT2D eigenvalue weighted by Crippen LogP contribution is 2.21. The highest BCUT2D eigenvalue weighted by molar-refractivity contribution is 7.99. The van der Waals surface area contributed by atoms with Gasteiger partial charge in [0.1, 0.15) is 6.07 Å². The van der Waals surface area contributed by atoms with Gasteiger partial charge in [0.2, 0.25) is 5.91 Å². The number of nitrogens with zero attached hydrogens (tertiary/aromatic N) is 3. The van der Waals surface area contributed by atoms with E-state index >= 15 is 0 Å². The van der Waals surface area contributed by atoms with Crippen LogP contribution >= 0.6 is 23.4 Å². The molecule has 3 aromatic rings. The second-order valence-corrected chi connectivity index (χ2v) is 7.22. The number of carbonyl (C=O) groups is 1. The Bertz CT molecular complexity index is 1070. The van der Waals surface area contributed by atoms with Gasteiger partial charge in [-0.3, -0.25) is 9.36 Å². The number of benzene rings is 2. The number of rotatable bonds is 7. The smallest absolute Gasteiger partial charge is 0.324 e. The van der Waals surface area contributed by atoms with Crippen LogP contribution in [0, 0.1) is 11.3 Å². The molecular weight excluding hydrogens is 398 g/mol. The van der Waals surface area contributed by atoms with Crippen molar-refractivity contribution in [2.24, 2.45) is 0 Å². The number of anilines is 1. The Hall–Kier alpha value is -3.02. The minimum atomic E-state index is -0.325. The Balaban J connectivity index is 1.62. The Morgan fingerprint density at radius 1 is 1.29 bits per heavy atom. The average molecular weight is 414 g/mol. The molecule has 0 saturated heterocycles. The van der Waals surface area contributed by atoms with Crippen molar-refractivity contribution in [3.8, 4) is 6.07 Å². The summed E-state index contributed by atoms with van der Waals surface area (Å²) in [6.45, 7) is 0.455. The van der Waals surface area contributed by atoms with Crippen molar-refractivity contribution in [1.29, 1.82) is 5.26 Å². The summed E-state index contributed by atoms with van der Waals surface area (Å²) < 4.78 is 1.50. The van der Waals surface area contributed by atoms with Crippen LogP contribution in [0.2, 0.25) is 5.02 Å². The van der Waals surface area contributed by atoms with Gasteiger partial charge in [0.15, 0.2) is 5.16 Å². The maximum Gasteiger partial charge on any atom is 0.343 e. The van der Waals surface area contributed by atoms with Crippen molar-refractivity contribution in [1.82, 2.24) is 14.8 Å². The molecule has 7 nitrogen and oxygen atoms in total. The van der Waals surface area contributed by atoms with E-state index in [4.69, 9.17) is 16.9 Å². The minimum absolute atomic E-state index is 0.0347. The van der Waals surface area contributed by atoms with Gasteiger partial charge in [-0.15, -0.1) is 5.10 Å². The molecule has 2 N–H and O–H groups in total. The molecule has 0 aliphatic carbocycles. The molecule has 0 saturated carbocycles. The largest absolute Gasteiger partial charge is 0.343 e. The van der Waals surface area contributed by atoms with Gasteiger partial charge in [0.05, 0.1) is 17.0 Å². The summed E-state index contributed by atoms with van der Waals surface area (Å²) in [6.07, 6.45) is 0.675. The number of hydrogen-bond donors (Lipinski definition) is 2. The second kappa shape index (κ2) is 9.26. The topological polar surface area (TPSA) is 104 Å². The summed E-state index contributed by atoms with van der Waals surface area (Å²) in [5, 5.41) is 19.0. The highest BCUT2D eigenvalue weighted by Gasteiger charge is 2.13. The number of aryl methyl sites for hydroxylation is 1. The molecule has 0 atom stereocenters. The number of carbonyl (C=O) groups excluding carboxylic acids is 1. The SMILES string of the molecule is N#Cc1ccc(Cl)cc1NC(=O)CSc1n[nH]c(=O)n1CCc1ccccc1. The molecule has 28 heavy (non-hydrogen) atoms. The standard InChI is InChI=1S/C19H16ClN5O2S/c20-15-7-6-14(11-21)16(10-15)22-17(26)12-28-19-24-23-18(27)25(19)9-8-13-4-2-1-3-5-13/h1-7,10H,8-9,12H2,(H,22,26)(H,23,27). The predicted molar refractivity (Wildman–Crippen MR) is 109 cm³/mol. The van der Waals surface area contributed by atoms with Crippen LogP contribution in [-0.2, 0) is 17.8 Å². The fourth-order valence-electron chi connectivity index (χ4n) is 2.53. The summed E-state index contributed by atoms with van der Waals surface area (Å²) >= 11 is 7.06. The summed E-state index contributed by atoms with van der Waals surface area (Å²) in [6, 6.07) is 16.4. The molecule has 9 heteroatoms. The van der Waals surface area contributed by atoms with Crippen LogP contribution in [-0.4, -0.2) is 26.4 Å². The first-order valence-corrected chi connectivity index (χ1v) is 9.74. The number of nitriles is 1. The number of H-pyrrole nitrogens is 1. The van der Waals surface area contributed by atoms with Crippen LogP contribution < -0.4 is 11.0 Å². The summed E-state index contributed by atoms with van der Waals surface area (Å²) in [5.74, 6) is -0.290. The number of halogens is 1. The van der Waals surface area contributed by atoms with Gasteiger partial charge in [-0.2, -0.15) is 5.26 Å². The van der Waals surface area contributed by atoms with Crippen molar-refractivity contribution < 1.29 is 4.79 Å². The molecule has 0 bridgehead atoms. The Morgan fingerprint density at radius 3 is 2.82 bits per heavy atom. The molecule has 0 fully saturated rings. The summed E-state index contributed by atoms with van der Waals surface area (Å²) in [7, 11) is 0. The lowest BCUT2D eigenvalue weighted by Crippen LogP contribution is -2.20. The van der Waals surface area contributed by atoms with Crippen LogP contribution in [0.15, 0.2) is 58.5 Å². The Kier molecular flexibility index (Phi) is 6.53. The molecule has 2 aromatic carbocycles. The molecule has 0 spiro atoms. The molecule has 0 radical (unpaired) electrons. The second-order valence-electron chi connectivity index (χ2n) is 5.84. The van der Waals surface area contributed by atoms with Crippen molar-refractivity contribution in [2.75, 3.05) is 11.1 Å². The van der Waals surface area contributed by atoms with Gasteiger partial charge in [-0.05, 0) is 30.2 Å². The lowest BCUT2D eigenvalue weighted by atomic mass is 10.1. The maximum atomic E-state index is 12.3. The van der Waals surface area contributed by atoms with Gasteiger partial charge in [-0.25, -0.2) is 9.89 Å². The molecule has 0 aliphatic heterocycles. The normalized spacial score (nSPS) is 10.4. The van der Waals surface area contributed by atoms with E-state index in [9.17, 15) is 9.59 Å². The molecule has 0 unspecified atom stereocenters. The van der Waals surface area contributed by atoms with Crippen LogP contribution in [0.25, 0.3) is 0 Å². The molecule has 1 heterocycles. The van der Waals surface area contributed by atoms with E-state index in [1.165, 1.54) is 10.6 Å². The van der Waals surface area contributed by atoms with Gasteiger partial charge in [-0.1, -0.05) is 53.7 Å². The lowest BCUT2D eigenvalue weighted by molar-refractivity contribution is -0.113.